The lowest BCUT2D eigenvalue weighted by molar-refractivity contribution is -0.0528. The maximum Gasteiger partial charge on any atom is 0.213 e. The van der Waals surface area contributed by atoms with Crippen LogP contribution in [0.15, 0.2) is 22.8 Å². The molecule has 1 saturated carbocycles. The molecule has 1 aliphatic heterocycles. The maximum atomic E-state index is 12.0. The highest BCUT2D eigenvalue weighted by atomic mass is 32.2. The maximum absolute atomic E-state index is 12.0. The van der Waals surface area contributed by atoms with Gasteiger partial charge < -0.3 is 4.42 Å². The summed E-state index contributed by atoms with van der Waals surface area (Å²) >= 11 is 0. The van der Waals surface area contributed by atoms with Crippen molar-refractivity contribution >= 4 is 10.0 Å². The van der Waals surface area contributed by atoms with Gasteiger partial charge in [-0.3, -0.25) is 4.90 Å². The molecule has 1 saturated heterocycles. The molecule has 1 aromatic rings. The van der Waals surface area contributed by atoms with Crippen LogP contribution in [0, 0.1) is 5.41 Å². The summed E-state index contributed by atoms with van der Waals surface area (Å²) in [6.07, 6.45) is 6.12. The summed E-state index contributed by atoms with van der Waals surface area (Å²) in [6.45, 7) is 3.92. The summed E-state index contributed by atoms with van der Waals surface area (Å²) in [5.74, 6) is 1.21. The van der Waals surface area contributed by atoms with Gasteiger partial charge in [0.25, 0.3) is 0 Å². The van der Waals surface area contributed by atoms with E-state index < -0.39 is 10.0 Å². The van der Waals surface area contributed by atoms with Gasteiger partial charge in [0.2, 0.25) is 10.0 Å². The minimum atomic E-state index is -3.03. The monoisotopic (exact) mass is 326 g/mol. The number of hydrogen-bond donors (Lipinski definition) is 0. The Morgan fingerprint density at radius 2 is 2.09 bits per heavy atom. The van der Waals surface area contributed by atoms with E-state index in [9.17, 15) is 8.42 Å². The van der Waals surface area contributed by atoms with Crippen LogP contribution in [0.3, 0.4) is 0 Å². The first-order chi connectivity index (χ1) is 10.5. The second kappa shape index (κ2) is 5.98. The average molecular weight is 326 g/mol. The highest BCUT2D eigenvalue weighted by Gasteiger charge is 2.50. The number of piperidine rings is 1. The molecular weight excluding hydrogens is 300 g/mol. The third kappa shape index (κ3) is 2.84. The van der Waals surface area contributed by atoms with E-state index in [1.54, 1.807) is 17.5 Å². The molecule has 1 spiro atoms. The third-order valence-electron chi connectivity index (χ3n) is 5.62. The molecule has 124 valence electrons. The van der Waals surface area contributed by atoms with Gasteiger partial charge in [0.05, 0.1) is 18.6 Å². The predicted octanol–water partition coefficient (Wildman–Crippen LogP) is 2.31. The van der Waals surface area contributed by atoms with Crippen molar-refractivity contribution in [3.05, 3.63) is 24.2 Å². The molecule has 0 aromatic carbocycles. The second-order valence-corrected chi connectivity index (χ2v) is 8.97. The zero-order valence-corrected chi connectivity index (χ0v) is 14.3. The molecule has 3 rings (SSSR count). The Morgan fingerprint density at radius 3 is 2.59 bits per heavy atom. The molecule has 6 heteroatoms. The molecule has 0 amide bonds. The van der Waals surface area contributed by atoms with E-state index in [1.165, 1.54) is 12.8 Å². The Hall–Kier alpha value is -0.850. The van der Waals surface area contributed by atoms with Crippen molar-refractivity contribution in [3.63, 3.8) is 0 Å². The molecule has 5 nitrogen and oxygen atoms in total. The van der Waals surface area contributed by atoms with Gasteiger partial charge in [-0.05, 0) is 57.2 Å². The van der Waals surface area contributed by atoms with Crippen molar-refractivity contribution < 1.29 is 12.8 Å². The second-order valence-electron chi connectivity index (χ2n) is 6.71. The van der Waals surface area contributed by atoms with Gasteiger partial charge in [-0.25, -0.2) is 12.7 Å². The van der Waals surface area contributed by atoms with Crippen LogP contribution in [0.4, 0.5) is 0 Å². The van der Waals surface area contributed by atoms with E-state index in [4.69, 9.17) is 4.42 Å². The lowest BCUT2D eigenvalue weighted by Crippen LogP contribution is -2.58. The number of furan rings is 1. The zero-order valence-electron chi connectivity index (χ0n) is 13.5. The summed E-state index contributed by atoms with van der Waals surface area (Å²) in [7, 11) is -0.874. The summed E-state index contributed by atoms with van der Waals surface area (Å²) in [6, 6.07) is 4.48. The first-order valence-corrected chi connectivity index (χ1v) is 9.78. The van der Waals surface area contributed by atoms with E-state index >= 15 is 0 Å². The molecule has 1 atom stereocenters. The fourth-order valence-electron chi connectivity index (χ4n) is 4.10. The van der Waals surface area contributed by atoms with E-state index in [-0.39, 0.29) is 5.75 Å². The molecule has 0 bridgehead atoms. The SMILES string of the molecule is CCS(=O)(=O)N1CCC2(CCC2N(C)Cc2ccco2)CC1. The summed E-state index contributed by atoms with van der Waals surface area (Å²) in [4.78, 5) is 2.38. The van der Waals surface area contributed by atoms with E-state index in [0.29, 0.717) is 24.5 Å². The van der Waals surface area contributed by atoms with Crippen LogP contribution < -0.4 is 0 Å². The largest absolute Gasteiger partial charge is 0.468 e. The van der Waals surface area contributed by atoms with Crippen molar-refractivity contribution in [1.29, 1.82) is 0 Å². The van der Waals surface area contributed by atoms with Crippen LogP contribution in [0.1, 0.15) is 38.4 Å². The van der Waals surface area contributed by atoms with Crippen LogP contribution in [0.2, 0.25) is 0 Å². The van der Waals surface area contributed by atoms with Crippen molar-refractivity contribution in [2.24, 2.45) is 5.41 Å². The summed E-state index contributed by atoms with van der Waals surface area (Å²) < 4.78 is 31.1. The molecule has 22 heavy (non-hydrogen) atoms. The van der Waals surface area contributed by atoms with Crippen LogP contribution in [-0.4, -0.2) is 49.6 Å². The van der Waals surface area contributed by atoms with Gasteiger partial charge in [-0.1, -0.05) is 0 Å². The number of nitrogens with zero attached hydrogens (tertiary/aromatic N) is 2. The van der Waals surface area contributed by atoms with Gasteiger partial charge in [0.1, 0.15) is 5.76 Å². The molecule has 1 unspecified atom stereocenters. The van der Waals surface area contributed by atoms with Crippen molar-refractivity contribution in [3.8, 4) is 0 Å². The van der Waals surface area contributed by atoms with E-state index in [0.717, 1.165) is 25.1 Å². The van der Waals surface area contributed by atoms with Crippen LogP contribution >= 0.6 is 0 Å². The van der Waals surface area contributed by atoms with Crippen molar-refractivity contribution in [2.45, 2.75) is 45.2 Å². The summed E-state index contributed by atoms with van der Waals surface area (Å²) in [5, 5.41) is 0. The van der Waals surface area contributed by atoms with Crippen LogP contribution in [-0.2, 0) is 16.6 Å². The molecule has 1 aromatic heterocycles. The first kappa shape index (κ1) is 16.0. The smallest absolute Gasteiger partial charge is 0.213 e. The van der Waals surface area contributed by atoms with E-state index in [1.807, 2.05) is 12.1 Å². The van der Waals surface area contributed by atoms with Gasteiger partial charge in [-0.2, -0.15) is 0 Å². The quantitative estimate of drug-likeness (QED) is 0.833. The highest BCUT2D eigenvalue weighted by Crippen LogP contribution is 2.51. The Kier molecular flexibility index (Phi) is 4.36. The molecule has 0 radical (unpaired) electrons. The Balaban J connectivity index is 1.61. The van der Waals surface area contributed by atoms with Crippen molar-refractivity contribution in [1.82, 2.24) is 9.21 Å². The molecular formula is C16H26N2O3S. The fraction of sp³-hybridized carbons (Fsp3) is 0.750. The number of hydrogen-bond acceptors (Lipinski definition) is 4. The molecule has 2 fully saturated rings. The van der Waals surface area contributed by atoms with Gasteiger partial charge in [0.15, 0.2) is 0 Å². The van der Waals surface area contributed by atoms with E-state index in [2.05, 4.69) is 11.9 Å². The molecule has 2 aliphatic rings. The highest BCUT2D eigenvalue weighted by molar-refractivity contribution is 7.89. The minimum absolute atomic E-state index is 0.210. The predicted molar refractivity (Wildman–Crippen MR) is 85.9 cm³/mol. The van der Waals surface area contributed by atoms with Crippen molar-refractivity contribution in [2.75, 3.05) is 25.9 Å². The van der Waals surface area contributed by atoms with Gasteiger partial charge in [-0.15, -0.1) is 0 Å². The normalized spacial score (nSPS) is 25.5. The Bertz CT molecular complexity index is 589. The van der Waals surface area contributed by atoms with Crippen LogP contribution in [0.5, 0.6) is 0 Å². The van der Waals surface area contributed by atoms with Crippen LogP contribution in [0.25, 0.3) is 0 Å². The Morgan fingerprint density at radius 1 is 1.36 bits per heavy atom. The fourth-order valence-corrected chi connectivity index (χ4v) is 5.21. The molecule has 0 N–H and O–H groups in total. The third-order valence-corrected chi connectivity index (χ3v) is 7.50. The lowest BCUT2D eigenvalue weighted by Gasteiger charge is -2.56. The Labute approximate surface area is 133 Å². The number of rotatable bonds is 5. The summed E-state index contributed by atoms with van der Waals surface area (Å²) in [5.41, 5.74) is 0.307. The molecule has 2 heterocycles. The van der Waals surface area contributed by atoms with Gasteiger partial charge in [0, 0.05) is 19.1 Å². The molecule has 1 aliphatic carbocycles. The zero-order chi connectivity index (χ0) is 15.8. The lowest BCUT2D eigenvalue weighted by atomic mass is 9.59. The number of sulfonamides is 1. The first-order valence-electron chi connectivity index (χ1n) is 8.17. The minimum Gasteiger partial charge on any atom is -0.468 e. The standard InChI is InChI=1S/C16H26N2O3S/c1-3-22(19,20)18-10-8-16(9-11-18)7-6-15(16)17(2)13-14-5-4-12-21-14/h4-5,12,15H,3,6-11,13H2,1-2H3. The average Bonchev–Trinajstić information content (AvgIpc) is 2.99. The topological polar surface area (TPSA) is 53.8 Å². The van der Waals surface area contributed by atoms with Gasteiger partial charge >= 0.3 is 0 Å².